The molecule has 0 spiro atoms. The molecule has 0 aliphatic heterocycles. The van der Waals surface area contributed by atoms with Gasteiger partial charge in [0.15, 0.2) is 5.58 Å². The lowest BCUT2D eigenvalue weighted by Gasteiger charge is -2.15. The van der Waals surface area contributed by atoms with E-state index >= 15 is 0 Å². The van der Waals surface area contributed by atoms with Crippen molar-refractivity contribution < 1.29 is 13.9 Å². The summed E-state index contributed by atoms with van der Waals surface area (Å²) in [5.41, 5.74) is 2.25. The lowest BCUT2D eigenvalue weighted by molar-refractivity contribution is -0.140. The smallest absolute Gasteiger partial charge is 0.417 e. The largest absolute Gasteiger partial charge is 0.469 e. The van der Waals surface area contributed by atoms with Crippen LogP contribution in [-0.2, 0) is 16.1 Å². The number of fused-ring (bicyclic) bond motifs is 1. The molecule has 0 unspecified atom stereocenters. The van der Waals surface area contributed by atoms with Crippen molar-refractivity contribution in [1.29, 1.82) is 0 Å². The normalized spacial score (nSPS) is 11.1. The molecule has 1 heterocycles. The number of carbonyl (C=O) groups is 1. The van der Waals surface area contributed by atoms with Gasteiger partial charge in [-0.1, -0.05) is 6.07 Å². The Labute approximate surface area is 110 Å². The van der Waals surface area contributed by atoms with E-state index in [9.17, 15) is 9.59 Å². The summed E-state index contributed by atoms with van der Waals surface area (Å²) in [5.74, 6) is -0.676. The van der Waals surface area contributed by atoms with Crippen LogP contribution in [0.25, 0.3) is 11.1 Å². The highest BCUT2D eigenvalue weighted by molar-refractivity contribution is 5.72. The first-order valence-electron chi connectivity index (χ1n) is 5.95. The van der Waals surface area contributed by atoms with Crippen molar-refractivity contribution in [3.8, 4) is 0 Å². The van der Waals surface area contributed by atoms with E-state index in [0.717, 1.165) is 5.56 Å². The summed E-state index contributed by atoms with van der Waals surface area (Å²) >= 11 is 0. The number of nitrogens with one attached hydrogen (secondary N) is 1. The van der Waals surface area contributed by atoms with Gasteiger partial charge < -0.3 is 14.1 Å². The molecule has 6 heteroatoms. The molecule has 0 fully saturated rings. The van der Waals surface area contributed by atoms with Gasteiger partial charge in [0.05, 0.1) is 19.0 Å². The summed E-state index contributed by atoms with van der Waals surface area (Å²) in [6.07, 6.45) is 0.356. The number of rotatable bonds is 5. The van der Waals surface area contributed by atoms with Gasteiger partial charge in [0.25, 0.3) is 0 Å². The SMILES string of the molecule is COC(=O)CCN(C)Cc1ccc2[nH]c(=O)oc2c1. The topological polar surface area (TPSA) is 75.5 Å². The zero-order valence-electron chi connectivity index (χ0n) is 10.9. The van der Waals surface area contributed by atoms with Crippen molar-refractivity contribution in [3.05, 3.63) is 34.3 Å². The third-order valence-electron chi connectivity index (χ3n) is 2.86. The Morgan fingerprint density at radius 3 is 3.00 bits per heavy atom. The third kappa shape index (κ3) is 3.45. The Hall–Kier alpha value is -2.08. The van der Waals surface area contributed by atoms with Crippen LogP contribution >= 0.6 is 0 Å². The van der Waals surface area contributed by atoms with E-state index in [1.54, 1.807) is 0 Å². The molecule has 6 nitrogen and oxygen atoms in total. The first kappa shape index (κ1) is 13.4. The number of carbonyl (C=O) groups excluding carboxylic acids is 1. The van der Waals surface area contributed by atoms with Crippen molar-refractivity contribution in [2.75, 3.05) is 20.7 Å². The van der Waals surface area contributed by atoms with Gasteiger partial charge in [0.2, 0.25) is 0 Å². The number of benzene rings is 1. The maximum atomic E-state index is 11.0. The van der Waals surface area contributed by atoms with Crippen LogP contribution in [0.2, 0.25) is 0 Å². The molecule has 0 atom stereocenters. The lowest BCUT2D eigenvalue weighted by Crippen LogP contribution is -2.21. The van der Waals surface area contributed by atoms with E-state index in [1.807, 2.05) is 30.1 Å². The minimum Gasteiger partial charge on any atom is -0.469 e. The van der Waals surface area contributed by atoms with Gasteiger partial charge in [-0.25, -0.2) is 4.79 Å². The Morgan fingerprint density at radius 1 is 1.47 bits per heavy atom. The van der Waals surface area contributed by atoms with Gasteiger partial charge in [-0.2, -0.15) is 0 Å². The number of ether oxygens (including phenoxy) is 1. The first-order chi connectivity index (χ1) is 9.08. The molecular formula is C13H16N2O4. The molecule has 0 aliphatic carbocycles. The molecule has 1 aromatic carbocycles. The highest BCUT2D eigenvalue weighted by Gasteiger charge is 2.07. The maximum Gasteiger partial charge on any atom is 0.417 e. The van der Waals surface area contributed by atoms with Crippen LogP contribution in [0.5, 0.6) is 0 Å². The van der Waals surface area contributed by atoms with Crippen molar-refractivity contribution in [2.45, 2.75) is 13.0 Å². The van der Waals surface area contributed by atoms with Crippen molar-refractivity contribution in [2.24, 2.45) is 0 Å². The second kappa shape index (κ2) is 5.71. The number of aromatic nitrogens is 1. The molecule has 2 rings (SSSR count). The summed E-state index contributed by atoms with van der Waals surface area (Å²) in [7, 11) is 3.30. The minimum atomic E-state index is -0.453. The summed E-state index contributed by atoms with van der Waals surface area (Å²) in [6.45, 7) is 1.28. The summed E-state index contributed by atoms with van der Waals surface area (Å²) in [6, 6.07) is 5.55. The molecular weight excluding hydrogens is 248 g/mol. The molecule has 0 saturated heterocycles. The van der Waals surface area contributed by atoms with E-state index in [4.69, 9.17) is 4.42 Å². The average molecular weight is 264 g/mol. The molecule has 0 saturated carbocycles. The molecule has 1 aromatic heterocycles. The van der Waals surface area contributed by atoms with E-state index in [1.165, 1.54) is 7.11 Å². The number of H-pyrrole nitrogens is 1. The van der Waals surface area contributed by atoms with Crippen LogP contribution in [0.4, 0.5) is 0 Å². The van der Waals surface area contributed by atoms with E-state index in [2.05, 4.69) is 9.72 Å². The highest BCUT2D eigenvalue weighted by Crippen LogP contribution is 2.13. The van der Waals surface area contributed by atoms with Gasteiger partial charge >= 0.3 is 11.7 Å². The quantitative estimate of drug-likeness (QED) is 0.819. The van der Waals surface area contributed by atoms with Gasteiger partial charge in [-0.05, 0) is 24.7 Å². The predicted octanol–water partition coefficient (Wildman–Crippen LogP) is 1.12. The Morgan fingerprint density at radius 2 is 2.26 bits per heavy atom. The summed E-state index contributed by atoms with van der Waals surface area (Å²) in [4.78, 5) is 26.7. The van der Waals surface area contributed by atoms with Gasteiger partial charge in [-0.3, -0.25) is 9.78 Å². The monoisotopic (exact) mass is 264 g/mol. The molecule has 102 valence electrons. The predicted molar refractivity (Wildman–Crippen MR) is 69.8 cm³/mol. The fourth-order valence-corrected chi connectivity index (χ4v) is 1.86. The van der Waals surface area contributed by atoms with E-state index in [0.29, 0.717) is 30.6 Å². The molecule has 2 aromatic rings. The second-order valence-electron chi connectivity index (χ2n) is 4.41. The zero-order valence-corrected chi connectivity index (χ0v) is 10.9. The van der Waals surface area contributed by atoms with Gasteiger partial charge in [0, 0.05) is 13.1 Å². The zero-order chi connectivity index (χ0) is 13.8. The van der Waals surface area contributed by atoms with E-state index < -0.39 is 5.76 Å². The Kier molecular flexibility index (Phi) is 4.01. The van der Waals surface area contributed by atoms with Gasteiger partial charge in [0.1, 0.15) is 0 Å². The average Bonchev–Trinajstić information content (AvgIpc) is 2.75. The minimum absolute atomic E-state index is 0.223. The molecule has 0 bridgehead atoms. The summed E-state index contributed by atoms with van der Waals surface area (Å²) in [5, 5.41) is 0. The van der Waals surface area contributed by atoms with Crippen LogP contribution in [0, 0.1) is 0 Å². The van der Waals surface area contributed by atoms with Crippen LogP contribution < -0.4 is 5.76 Å². The van der Waals surface area contributed by atoms with Crippen LogP contribution in [-0.4, -0.2) is 36.6 Å². The number of hydrogen-bond acceptors (Lipinski definition) is 5. The van der Waals surface area contributed by atoms with Crippen LogP contribution in [0.3, 0.4) is 0 Å². The Balaban J connectivity index is 2.00. The number of methoxy groups -OCH3 is 1. The number of oxazole rings is 1. The second-order valence-corrected chi connectivity index (χ2v) is 4.41. The molecule has 0 amide bonds. The van der Waals surface area contributed by atoms with Gasteiger partial charge in [-0.15, -0.1) is 0 Å². The molecule has 0 aliphatic rings. The maximum absolute atomic E-state index is 11.0. The fraction of sp³-hybridized carbons (Fsp3) is 0.385. The highest BCUT2D eigenvalue weighted by atomic mass is 16.5. The lowest BCUT2D eigenvalue weighted by atomic mass is 10.2. The summed E-state index contributed by atoms with van der Waals surface area (Å²) < 4.78 is 9.59. The van der Waals surface area contributed by atoms with Crippen LogP contribution in [0.1, 0.15) is 12.0 Å². The molecule has 0 radical (unpaired) electrons. The first-order valence-corrected chi connectivity index (χ1v) is 5.95. The van der Waals surface area contributed by atoms with Crippen molar-refractivity contribution in [3.63, 3.8) is 0 Å². The fourth-order valence-electron chi connectivity index (χ4n) is 1.86. The molecule has 19 heavy (non-hydrogen) atoms. The van der Waals surface area contributed by atoms with E-state index in [-0.39, 0.29) is 5.97 Å². The third-order valence-corrected chi connectivity index (χ3v) is 2.86. The number of aromatic amines is 1. The Bertz CT molecular complexity index is 629. The van der Waals surface area contributed by atoms with Crippen molar-refractivity contribution in [1.82, 2.24) is 9.88 Å². The number of esters is 1. The van der Waals surface area contributed by atoms with Crippen molar-refractivity contribution >= 4 is 17.1 Å². The molecule has 1 N–H and O–H groups in total. The number of hydrogen-bond donors (Lipinski definition) is 1. The standard InChI is InChI=1S/C13H16N2O4/c1-15(6-5-12(16)18-2)8-9-3-4-10-11(7-9)19-13(17)14-10/h3-4,7H,5-6,8H2,1-2H3,(H,14,17). The number of nitrogens with zero attached hydrogens (tertiary/aromatic N) is 1. The van der Waals surface area contributed by atoms with Crippen LogP contribution in [0.15, 0.2) is 27.4 Å².